The van der Waals surface area contributed by atoms with E-state index in [-0.39, 0.29) is 22.6 Å². The van der Waals surface area contributed by atoms with E-state index < -0.39 is 6.17 Å². The molecule has 0 radical (unpaired) electrons. The maximum absolute atomic E-state index is 15.5. The van der Waals surface area contributed by atoms with Gasteiger partial charge in [-0.3, -0.25) is 0 Å². The van der Waals surface area contributed by atoms with Crippen LogP contribution in [0.3, 0.4) is 0 Å². The lowest BCUT2D eigenvalue weighted by molar-refractivity contribution is 0.0380. The number of aromatic nitrogens is 5. The van der Waals surface area contributed by atoms with Gasteiger partial charge >= 0.3 is 0 Å². The highest BCUT2D eigenvalue weighted by molar-refractivity contribution is 7.98. The Kier molecular flexibility index (Phi) is 5.70. The molecule has 9 heteroatoms. The lowest BCUT2D eigenvalue weighted by Crippen LogP contribution is -2.52. The number of thioether (sulfide) groups is 1. The summed E-state index contributed by atoms with van der Waals surface area (Å²) in [5.41, 5.74) is 2.06. The van der Waals surface area contributed by atoms with Crippen LogP contribution in [0.15, 0.2) is 41.7 Å². The van der Waals surface area contributed by atoms with Crippen molar-refractivity contribution in [1.82, 2.24) is 25.4 Å². The molecule has 2 aliphatic rings. The molecule has 7 nitrogen and oxygen atoms in total. The molecule has 2 bridgehead atoms. The molecule has 1 aromatic carbocycles. The van der Waals surface area contributed by atoms with E-state index in [4.69, 9.17) is 0 Å². The number of phenolic OH excluding ortho intramolecular Hbond substituents is 1. The topological polar surface area (TPSA) is 87.9 Å². The van der Waals surface area contributed by atoms with E-state index >= 15 is 4.39 Å². The standard InChI is InChI=1S/C25H29FN6OS/c1-24-7-8-25(2,14-24)22(26)18(11-24)32(3)20-13-27-23(31-29-20)17-6-5-15(9-19(17)33)16-10-21(34-4)30-28-12-16/h5-6,9-10,12-13,18,22,33H,7-8,11,14H2,1-4H3/t18-,22-,24-,25-/m0/s1. The highest BCUT2D eigenvalue weighted by Gasteiger charge is 2.56. The summed E-state index contributed by atoms with van der Waals surface area (Å²) in [6, 6.07) is 6.98. The van der Waals surface area contributed by atoms with Crippen LogP contribution in [0.5, 0.6) is 5.75 Å². The summed E-state index contributed by atoms with van der Waals surface area (Å²) in [6.45, 7) is 4.35. The molecule has 0 saturated heterocycles. The second kappa shape index (κ2) is 8.45. The normalized spacial score (nSPS) is 28.1. The Morgan fingerprint density at radius 1 is 1.09 bits per heavy atom. The van der Waals surface area contributed by atoms with Crippen LogP contribution < -0.4 is 4.90 Å². The molecule has 2 heterocycles. The van der Waals surface area contributed by atoms with Crippen molar-refractivity contribution >= 4 is 17.6 Å². The van der Waals surface area contributed by atoms with Gasteiger partial charge in [0.25, 0.3) is 0 Å². The van der Waals surface area contributed by atoms with Gasteiger partial charge in [-0.05, 0) is 61.1 Å². The van der Waals surface area contributed by atoms with E-state index in [1.165, 1.54) is 11.8 Å². The maximum Gasteiger partial charge on any atom is 0.185 e. The summed E-state index contributed by atoms with van der Waals surface area (Å²) in [5, 5.41) is 28.1. The summed E-state index contributed by atoms with van der Waals surface area (Å²) in [7, 11) is 1.87. The Labute approximate surface area is 203 Å². The first-order valence-corrected chi connectivity index (χ1v) is 12.7. The van der Waals surface area contributed by atoms with Crippen LogP contribution in [-0.2, 0) is 0 Å². The molecular formula is C25H29FN6OS. The van der Waals surface area contributed by atoms with Crippen LogP contribution in [0.4, 0.5) is 10.2 Å². The number of benzene rings is 1. The van der Waals surface area contributed by atoms with Crippen molar-refractivity contribution in [2.75, 3.05) is 18.2 Å². The molecule has 0 aliphatic heterocycles. The summed E-state index contributed by atoms with van der Waals surface area (Å²) in [6.07, 6.45) is 8.04. The number of aromatic hydroxyl groups is 1. The molecule has 2 aliphatic carbocycles. The monoisotopic (exact) mass is 480 g/mol. The number of anilines is 1. The SMILES string of the molecule is CSc1cc(-c2ccc(-c3ncc(N(C)[C@H]4C[C@]5(C)CC[C@@](C)(C5)[C@H]4F)nn3)c(O)c2)cnn1. The fraction of sp³-hybridized carbons (Fsp3) is 0.480. The van der Waals surface area contributed by atoms with Crippen LogP contribution in [0, 0.1) is 10.8 Å². The number of halogens is 1. The van der Waals surface area contributed by atoms with Gasteiger partial charge in [-0.2, -0.15) is 5.10 Å². The molecule has 0 spiro atoms. The first-order valence-electron chi connectivity index (χ1n) is 11.5. The van der Waals surface area contributed by atoms with Crippen molar-refractivity contribution in [1.29, 1.82) is 0 Å². The highest BCUT2D eigenvalue weighted by atomic mass is 32.2. The number of nitrogens with zero attached hydrogens (tertiary/aromatic N) is 6. The molecule has 2 saturated carbocycles. The molecule has 0 unspecified atom stereocenters. The van der Waals surface area contributed by atoms with E-state index in [2.05, 4.69) is 39.2 Å². The van der Waals surface area contributed by atoms with Gasteiger partial charge in [-0.1, -0.05) is 19.9 Å². The molecule has 1 N–H and O–H groups in total. The van der Waals surface area contributed by atoms with E-state index in [1.807, 2.05) is 30.3 Å². The average molecular weight is 481 g/mol. The Hall–Kier alpha value is -2.81. The largest absolute Gasteiger partial charge is 0.507 e. The Balaban J connectivity index is 1.37. The predicted molar refractivity (Wildman–Crippen MR) is 132 cm³/mol. The summed E-state index contributed by atoms with van der Waals surface area (Å²) in [4.78, 5) is 6.33. The Morgan fingerprint density at radius 3 is 2.62 bits per heavy atom. The van der Waals surface area contributed by atoms with Crippen molar-refractivity contribution < 1.29 is 9.50 Å². The quantitative estimate of drug-likeness (QED) is 0.501. The number of hydrogen-bond donors (Lipinski definition) is 1. The molecule has 2 aromatic heterocycles. The van der Waals surface area contributed by atoms with Crippen LogP contribution in [-0.4, -0.2) is 56.0 Å². The van der Waals surface area contributed by atoms with Gasteiger partial charge in [0.2, 0.25) is 0 Å². The zero-order valence-corrected chi connectivity index (χ0v) is 20.7. The van der Waals surface area contributed by atoms with Crippen molar-refractivity contribution in [3.63, 3.8) is 0 Å². The second-order valence-electron chi connectivity index (χ2n) is 10.3. The third-order valence-corrected chi connectivity index (χ3v) is 8.28. The fourth-order valence-electron chi connectivity index (χ4n) is 5.78. The number of alkyl halides is 1. The van der Waals surface area contributed by atoms with Crippen LogP contribution in [0.1, 0.15) is 39.5 Å². The maximum atomic E-state index is 15.5. The second-order valence-corrected chi connectivity index (χ2v) is 11.1. The molecular weight excluding hydrogens is 451 g/mol. The third-order valence-electron chi connectivity index (χ3n) is 7.66. The average Bonchev–Trinajstić information content (AvgIpc) is 3.12. The van der Waals surface area contributed by atoms with Crippen molar-refractivity contribution in [3.8, 4) is 28.3 Å². The van der Waals surface area contributed by atoms with Crippen molar-refractivity contribution in [3.05, 3.63) is 36.7 Å². The molecule has 178 valence electrons. The minimum absolute atomic E-state index is 0.0523. The predicted octanol–water partition coefficient (Wildman–Crippen LogP) is 5.17. The molecule has 3 aromatic rings. The number of hydrogen-bond acceptors (Lipinski definition) is 8. The van der Waals surface area contributed by atoms with Gasteiger partial charge < -0.3 is 10.0 Å². The molecule has 34 heavy (non-hydrogen) atoms. The zero-order valence-electron chi connectivity index (χ0n) is 19.9. The van der Waals surface area contributed by atoms with Gasteiger partial charge in [0, 0.05) is 18.0 Å². The fourth-order valence-corrected chi connectivity index (χ4v) is 6.16. The minimum atomic E-state index is -0.916. The summed E-state index contributed by atoms with van der Waals surface area (Å²) in [5.74, 6) is 0.906. The van der Waals surface area contributed by atoms with Crippen LogP contribution >= 0.6 is 11.8 Å². The van der Waals surface area contributed by atoms with Gasteiger partial charge in [0.15, 0.2) is 11.6 Å². The smallest absolute Gasteiger partial charge is 0.185 e. The lowest BCUT2D eigenvalue weighted by atomic mass is 9.67. The molecule has 5 rings (SSSR count). The van der Waals surface area contributed by atoms with E-state index in [9.17, 15) is 5.11 Å². The van der Waals surface area contributed by atoms with Gasteiger partial charge in [-0.15, -0.1) is 27.1 Å². The van der Waals surface area contributed by atoms with Crippen molar-refractivity contribution in [2.45, 2.75) is 56.8 Å². The van der Waals surface area contributed by atoms with E-state index in [0.717, 1.165) is 41.8 Å². The third kappa shape index (κ3) is 4.00. The van der Waals surface area contributed by atoms with Gasteiger partial charge in [0.05, 0.1) is 24.0 Å². The Bertz CT molecular complexity index is 1210. The summed E-state index contributed by atoms with van der Waals surface area (Å²) >= 11 is 1.51. The van der Waals surface area contributed by atoms with Crippen LogP contribution in [0.2, 0.25) is 0 Å². The number of rotatable bonds is 5. The van der Waals surface area contributed by atoms with Crippen molar-refractivity contribution in [2.24, 2.45) is 10.8 Å². The Morgan fingerprint density at radius 2 is 1.91 bits per heavy atom. The van der Waals surface area contributed by atoms with E-state index in [1.54, 1.807) is 24.5 Å². The first-order chi connectivity index (χ1) is 16.2. The first kappa shape index (κ1) is 23.0. The lowest BCUT2D eigenvalue weighted by Gasteiger charge is -2.46. The molecule has 4 atom stereocenters. The molecule has 2 fully saturated rings. The summed E-state index contributed by atoms with van der Waals surface area (Å²) < 4.78 is 15.5. The van der Waals surface area contributed by atoms with Gasteiger partial charge in [0.1, 0.15) is 16.9 Å². The molecule has 0 amide bonds. The number of fused-ring (bicyclic) bond motifs is 2. The number of phenols is 1. The van der Waals surface area contributed by atoms with Crippen LogP contribution in [0.25, 0.3) is 22.5 Å². The zero-order chi connectivity index (χ0) is 24.1. The van der Waals surface area contributed by atoms with E-state index in [0.29, 0.717) is 17.2 Å². The highest BCUT2D eigenvalue weighted by Crippen LogP contribution is 2.59. The minimum Gasteiger partial charge on any atom is -0.507 e. The van der Waals surface area contributed by atoms with Gasteiger partial charge in [-0.25, -0.2) is 9.37 Å².